The summed E-state index contributed by atoms with van der Waals surface area (Å²) in [4.78, 5) is 12.4. The van der Waals surface area contributed by atoms with E-state index in [1.54, 1.807) is 12.1 Å². The van der Waals surface area contributed by atoms with Crippen LogP contribution in [0.4, 0.5) is 13.2 Å². The van der Waals surface area contributed by atoms with Crippen LogP contribution in [0, 0.1) is 0 Å². The highest BCUT2D eigenvalue weighted by atomic mass is 32.2. The van der Waals surface area contributed by atoms with Gasteiger partial charge in [0, 0.05) is 24.7 Å². The molecule has 3 rings (SSSR count). The number of hydrogen-bond acceptors (Lipinski definition) is 4. The highest BCUT2D eigenvalue weighted by Gasteiger charge is 2.35. The van der Waals surface area contributed by atoms with E-state index in [2.05, 4.69) is 5.32 Å². The van der Waals surface area contributed by atoms with Crippen LogP contribution in [0.25, 0.3) is 0 Å². The minimum atomic E-state index is -4.48. The van der Waals surface area contributed by atoms with Gasteiger partial charge >= 0.3 is 6.18 Å². The maximum Gasteiger partial charge on any atom is 0.416 e. The van der Waals surface area contributed by atoms with Gasteiger partial charge < -0.3 is 10.1 Å². The first-order valence-corrected chi connectivity index (χ1v) is 10.7. The smallest absolute Gasteiger partial charge is 0.416 e. The number of nitrogens with zero attached hydrogens (tertiary/aromatic N) is 1. The average molecular weight is 442 g/mol. The van der Waals surface area contributed by atoms with Crippen LogP contribution < -0.4 is 10.1 Å². The fourth-order valence-electron chi connectivity index (χ4n) is 3.34. The molecule has 1 N–H and O–H groups in total. The molecule has 1 fully saturated rings. The summed E-state index contributed by atoms with van der Waals surface area (Å²) < 4.78 is 70.2. The summed E-state index contributed by atoms with van der Waals surface area (Å²) in [5, 5.41) is 2.62. The Labute approximate surface area is 172 Å². The Morgan fingerprint density at radius 3 is 2.33 bits per heavy atom. The number of alkyl halides is 3. The fraction of sp³-hybridized carbons (Fsp3) is 0.350. The fourth-order valence-corrected chi connectivity index (χ4v) is 5.03. The van der Waals surface area contributed by atoms with Crippen LogP contribution in [-0.4, -0.2) is 44.9 Å². The van der Waals surface area contributed by atoms with E-state index in [-0.39, 0.29) is 17.0 Å². The van der Waals surface area contributed by atoms with E-state index in [1.807, 2.05) is 0 Å². The number of hydrogen-bond donors (Lipinski definition) is 1. The summed E-state index contributed by atoms with van der Waals surface area (Å²) in [6, 6.07) is 9.48. The first-order chi connectivity index (χ1) is 14.1. The predicted molar refractivity (Wildman–Crippen MR) is 104 cm³/mol. The van der Waals surface area contributed by atoms with Gasteiger partial charge in [0.2, 0.25) is 10.0 Å². The molecule has 0 aromatic heterocycles. The number of carbonyl (C=O) groups is 1. The van der Waals surface area contributed by atoms with Crippen LogP contribution in [0.5, 0.6) is 5.75 Å². The molecule has 0 saturated carbocycles. The van der Waals surface area contributed by atoms with Crippen LogP contribution in [0.15, 0.2) is 53.4 Å². The molecular formula is C20H21F3N2O4S. The molecule has 6 nitrogen and oxygen atoms in total. The topological polar surface area (TPSA) is 75.7 Å². The third kappa shape index (κ3) is 4.76. The molecule has 1 heterocycles. The van der Waals surface area contributed by atoms with Gasteiger partial charge in [-0.05, 0) is 61.4 Å². The molecule has 1 saturated heterocycles. The van der Waals surface area contributed by atoms with Crippen molar-refractivity contribution >= 4 is 15.9 Å². The molecule has 2 aromatic rings. The number of ether oxygens (including phenoxy) is 1. The predicted octanol–water partition coefficient (Wildman–Crippen LogP) is 3.30. The zero-order valence-corrected chi connectivity index (χ0v) is 17.0. The number of sulfonamides is 1. The lowest BCUT2D eigenvalue weighted by atomic mass is 10.1. The number of methoxy groups -OCH3 is 1. The minimum absolute atomic E-state index is 0.0647. The molecule has 2 aromatic carbocycles. The maximum absolute atomic E-state index is 13.0. The van der Waals surface area contributed by atoms with Crippen molar-refractivity contribution in [2.24, 2.45) is 0 Å². The van der Waals surface area contributed by atoms with Gasteiger partial charge in [0.25, 0.3) is 5.91 Å². The lowest BCUT2D eigenvalue weighted by molar-refractivity contribution is -0.137. The average Bonchev–Trinajstić information content (AvgIpc) is 3.21. The van der Waals surface area contributed by atoms with Crippen molar-refractivity contribution in [1.29, 1.82) is 0 Å². The van der Waals surface area contributed by atoms with E-state index in [1.165, 1.54) is 23.5 Å². The van der Waals surface area contributed by atoms with E-state index in [9.17, 15) is 26.4 Å². The largest absolute Gasteiger partial charge is 0.497 e. The van der Waals surface area contributed by atoms with E-state index >= 15 is 0 Å². The Morgan fingerprint density at radius 1 is 1.13 bits per heavy atom. The van der Waals surface area contributed by atoms with Gasteiger partial charge in [-0.15, -0.1) is 0 Å². The van der Waals surface area contributed by atoms with Gasteiger partial charge in [-0.25, -0.2) is 8.42 Å². The Balaban J connectivity index is 1.66. The molecule has 10 heteroatoms. The lowest BCUT2D eigenvalue weighted by Crippen LogP contribution is -2.43. The number of halogens is 3. The highest BCUT2D eigenvalue weighted by molar-refractivity contribution is 7.89. The Hall–Kier alpha value is -2.59. The molecule has 1 atom stereocenters. The van der Waals surface area contributed by atoms with Crippen LogP contribution in [0.2, 0.25) is 0 Å². The molecule has 1 amide bonds. The van der Waals surface area contributed by atoms with Crippen molar-refractivity contribution < 1.29 is 31.1 Å². The van der Waals surface area contributed by atoms with Gasteiger partial charge in [-0.1, -0.05) is 0 Å². The van der Waals surface area contributed by atoms with E-state index < -0.39 is 33.7 Å². The highest BCUT2D eigenvalue weighted by Crippen LogP contribution is 2.29. The van der Waals surface area contributed by atoms with Gasteiger partial charge in [0.15, 0.2) is 0 Å². The summed E-state index contributed by atoms with van der Waals surface area (Å²) in [7, 11) is -2.26. The molecule has 1 aliphatic rings. The first kappa shape index (κ1) is 22.1. The van der Waals surface area contributed by atoms with Crippen molar-refractivity contribution in [1.82, 2.24) is 9.62 Å². The standard InChI is InChI=1S/C20H21F3N2O4S/c1-29-17-8-10-18(11-9-17)30(27,28)25-12-2-3-16(25)13-24-19(26)14-4-6-15(7-5-14)20(21,22)23/h4-11,16H,2-3,12-13H2,1H3,(H,24,26)/t16-/m1/s1. The number of benzene rings is 2. The minimum Gasteiger partial charge on any atom is -0.497 e. The van der Waals surface area contributed by atoms with Crippen LogP contribution in [-0.2, 0) is 16.2 Å². The lowest BCUT2D eigenvalue weighted by Gasteiger charge is -2.24. The van der Waals surface area contributed by atoms with Crippen LogP contribution in [0.1, 0.15) is 28.8 Å². The Morgan fingerprint density at radius 2 is 1.77 bits per heavy atom. The number of amides is 1. The maximum atomic E-state index is 13.0. The van der Waals surface area contributed by atoms with Crippen molar-refractivity contribution in [3.63, 3.8) is 0 Å². The monoisotopic (exact) mass is 442 g/mol. The third-order valence-corrected chi connectivity index (χ3v) is 6.93. The molecule has 0 radical (unpaired) electrons. The first-order valence-electron chi connectivity index (χ1n) is 9.24. The molecule has 0 unspecified atom stereocenters. The molecule has 0 bridgehead atoms. The van der Waals surface area contributed by atoms with E-state index in [0.29, 0.717) is 25.1 Å². The second-order valence-corrected chi connectivity index (χ2v) is 8.76. The van der Waals surface area contributed by atoms with Crippen molar-refractivity contribution in [2.45, 2.75) is 30.0 Å². The molecule has 0 spiro atoms. The molecule has 0 aliphatic carbocycles. The Kier molecular flexibility index (Phi) is 6.37. The van der Waals surface area contributed by atoms with E-state index in [0.717, 1.165) is 24.3 Å². The zero-order valence-electron chi connectivity index (χ0n) is 16.1. The second kappa shape index (κ2) is 8.65. The third-order valence-electron chi connectivity index (χ3n) is 4.96. The molecular weight excluding hydrogens is 421 g/mol. The molecule has 162 valence electrons. The van der Waals surface area contributed by atoms with Gasteiger partial charge in [-0.2, -0.15) is 17.5 Å². The van der Waals surface area contributed by atoms with Crippen molar-refractivity contribution in [3.05, 3.63) is 59.7 Å². The summed E-state index contributed by atoms with van der Waals surface area (Å²) in [6.07, 6.45) is -3.26. The van der Waals surface area contributed by atoms with E-state index in [4.69, 9.17) is 4.74 Å². The normalized spacial score (nSPS) is 17.7. The number of nitrogens with one attached hydrogen (secondary N) is 1. The Bertz CT molecular complexity index is 990. The summed E-state index contributed by atoms with van der Waals surface area (Å²) in [5.41, 5.74) is -0.767. The summed E-state index contributed by atoms with van der Waals surface area (Å²) >= 11 is 0. The van der Waals surface area contributed by atoms with Gasteiger partial charge in [0.1, 0.15) is 5.75 Å². The van der Waals surface area contributed by atoms with Gasteiger partial charge in [0.05, 0.1) is 17.6 Å². The number of rotatable bonds is 6. The van der Waals surface area contributed by atoms with Crippen molar-refractivity contribution in [3.8, 4) is 5.75 Å². The quantitative estimate of drug-likeness (QED) is 0.745. The molecule has 30 heavy (non-hydrogen) atoms. The number of carbonyl (C=O) groups excluding carboxylic acids is 1. The summed E-state index contributed by atoms with van der Waals surface area (Å²) in [6.45, 7) is 0.393. The van der Waals surface area contributed by atoms with Gasteiger partial charge in [-0.3, -0.25) is 4.79 Å². The van der Waals surface area contributed by atoms with Crippen molar-refractivity contribution in [2.75, 3.05) is 20.2 Å². The molecule has 1 aliphatic heterocycles. The SMILES string of the molecule is COc1ccc(S(=O)(=O)N2CCC[C@@H]2CNC(=O)c2ccc(C(F)(F)F)cc2)cc1. The zero-order chi connectivity index (χ0) is 21.9. The summed E-state index contributed by atoms with van der Waals surface area (Å²) in [5.74, 6) is -0.0202. The second-order valence-electron chi connectivity index (χ2n) is 6.87. The van der Waals surface area contributed by atoms with Crippen LogP contribution >= 0.6 is 0 Å². The van der Waals surface area contributed by atoms with Crippen LogP contribution in [0.3, 0.4) is 0 Å².